The van der Waals surface area contributed by atoms with Gasteiger partial charge in [0.1, 0.15) is 11.3 Å². The molecular formula is C49H52Cl2F3N7O2. The molecule has 8 rings (SSSR count). The van der Waals surface area contributed by atoms with Crippen LogP contribution in [0.2, 0.25) is 10.0 Å². The van der Waals surface area contributed by atoms with Gasteiger partial charge in [-0.2, -0.15) is 0 Å². The van der Waals surface area contributed by atoms with Crippen molar-refractivity contribution in [2.75, 3.05) is 45.8 Å². The molecule has 4 aromatic carbocycles. The number of halogens is 5. The zero-order valence-electron chi connectivity index (χ0n) is 35.3. The Kier molecular flexibility index (Phi) is 14.1. The van der Waals surface area contributed by atoms with E-state index in [1.807, 2.05) is 30.3 Å². The van der Waals surface area contributed by atoms with Gasteiger partial charge in [0, 0.05) is 109 Å². The van der Waals surface area contributed by atoms with E-state index in [2.05, 4.69) is 90.6 Å². The summed E-state index contributed by atoms with van der Waals surface area (Å²) >= 11 is 12.9. The Bertz CT molecular complexity index is 2500. The van der Waals surface area contributed by atoms with Crippen LogP contribution in [0.25, 0.3) is 33.3 Å². The number of pyridine rings is 1. The number of piperidine rings is 1. The minimum absolute atomic E-state index is 0.0117. The Morgan fingerprint density at radius 1 is 0.857 bits per heavy atom. The third kappa shape index (κ3) is 11.1. The summed E-state index contributed by atoms with van der Waals surface area (Å²) in [5.74, 6) is -0.280. The third-order valence-corrected chi connectivity index (χ3v) is 12.9. The van der Waals surface area contributed by atoms with Crippen LogP contribution in [0, 0.1) is 6.92 Å². The maximum Gasteiger partial charge on any atom is 0.573 e. The van der Waals surface area contributed by atoms with Gasteiger partial charge in [-0.3, -0.25) is 24.9 Å². The predicted molar refractivity (Wildman–Crippen MR) is 245 cm³/mol. The van der Waals surface area contributed by atoms with Gasteiger partial charge in [-0.25, -0.2) is 0 Å². The minimum Gasteiger partial charge on any atom is -0.406 e. The van der Waals surface area contributed by atoms with E-state index in [9.17, 15) is 18.0 Å². The van der Waals surface area contributed by atoms with Crippen molar-refractivity contribution < 1.29 is 22.7 Å². The normalized spacial score (nSPS) is 16.0. The number of ether oxygens (including phenoxy) is 1. The molecule has 0 bridgehead atoms. The highest BCUT2D eigenvalue weighted by atomic mass is 35.5. The van der Waals surface area contributed by atoms with Crippen LogP contribution >= 0.6 is 23.2 Å². The van der Waals surface area contributed by atoms with E-state index in [-0.39, 0.29) is 11.7 Å². The van der Waals surface area contributed by atoms with Gasteiger partial charge < -0.3 is 19.9 Å². The van der Waals surface area contributed by atoms with E-state index < -0.39 is 11.9 Å². The fraction of sp³-hybridized carbons (Fsp3) is 0.347. The van der Waals surface area contributed by atoms with Crippen LogP contribution in [0.4, 0.5) is 13.2 Å². The third-order valence-electron chi connectivity index (χ3n) is 12.2. The largest absolute Gasteiger partial charge is 0.573 e. The molecule has 0 radical (unpaired) electrons. The van der Waals surface area contributed by atoms with Gasteiger partial charge in [-0.15, -0.1) is 13.2 Å². The number of alkyl halides is 3. The molecule has 0 unspecified atom stereocenters. The zero-order valence-corrected chi connectivity index (χ0v) is 36.8. The van der Waals surface area contributed by atoms with E-state index in [0.29, 0.717) is 55.5 Å². The number of aromatic nitrogens is 2. The second-order valence-corrected chi connectivity index (χ2v) is 17.4. The summed E-state index contributed by atoms with van der Waals surface area (Å²) in [6, 6.07) is 30.4. The van der Waals surface area contributed by atoms with Crippen molar-refractivity contribution in [3.63, 3.8) is 0 Å². The highest BCUT2D eigenvalue weighted by Crippen LogP contribution is 2.35. The van der Waals surface area contributed by atoms with Crippen LogP contribution in [-0.4, -0.2) is 83.0 Å². The van der Waals surface area contributed by atoms with E-state index in [1.165, 1.54) is 12.1 Å². The molecule has 4 heterocycles. The molecule has 0 aliphatic carbocycles. The predicted octanol–water partition coefficient (Wildman–Crippen LogP) is 9.62. The van der Waals surface area contributed by atoms with Crippen LogP contribution in [0.1, 0.15) is 41.5 Å². The Hall–Kier alpha value is -4.95. The molecule has 2 saturated heterocycles. The number of rotatable bonds is 15. The Balaban J connectivity index is 0.944. The molecule has 14 heteroatoms. The van der Waals surface area contributed by atoms with Gasteiger partial charge in [-0.1, -0.05) is 77.3 Å². The smallest absolute Gasteiger partial charge is 0.406 e. The lowest BCUT2D eigenvalue weighted by Gasteiger charge is -2.37. The highest BCUT2D eigenvalue weighted by molar-refractivity contribution is 6.36. The monoisotopic (exact) mass is 897 g/mol. The summed E-state index contributed by atoms with van der Waals surface area (Å²) in [7, 11) is 0. The van der Waals surface area contributed by atoms with Gasteiger partial charge in [0.2, 0.25) is 5.91 Å². The first-order chi connectivity index (χ1) is 30.4. The summed E-state index contributed by atoms with van der Waals surface area (Å²) in [6.07, 6.45) is 1.08. The molecule has 330 valence electrons. The van der Waals surface area contributed by atoms with E-state index in [1.54, 1.807) is 18.3 Å². The first-order valence-electron chi connectivity index (χ1n) is 21.5. The van der Waals surface area contributed by atoms with Crippen LogP contribution in [0.15, 0.2) is 109 Å². The first kappa shape index (κ1) is 44.6. The first-order valence-corrected chi connectivity index (χ1v) is 22.3. The van der Waals surface area contributed by atoms with Gasteiger partial charge in [-0.05, 0) is 104 Å². The average molecular weight is 899 g/mol. The van der Waals surface area contributed by atoms with E-state index >= 15 is 0 Å². The maximum absolute atomic E-state index is 14.1. The Morgan fingerprint density at radius 2 is 1.57 bits per heavy atom. The fourth-order valence-corrected chi connectivity index (χ4v) is 9.34. The number of nitrogens with one attached hydrogen (secondary N) is 3. The average Bonchev–Trinajstić information content (AvgIpc) is 3.64. The van der Waals surface area contributed by atoms with Gasteiger partial charge in [0.25, 0.3) is 0 Å². The number of nitrogens with zero attached hydrogens (tertiary/aromatic N) is 4. The molecule has 9 nitrogen and oxygen atoms in total. The van der Waals surface area contributed by atoms with Gasteiger partial charge >= 0.3 is 6.36 Å². The van der Waals surface area contributed by atoms with Crippen molar-refractivity contribution in [3.8, 4) is 28.1 Å². The molecule has 2 aromatic heterocycles. The zero-order chi connectivity index (χ0) is 44.0. The quantitative estimate of drug-likeness (QED) is 0.0886. The summed E-state index contributed by atoms with van der Waals surface area (Å²) in [4.78, 5) is 23.6. The summed E-state index contributed by atoms with van der Waals surface area (Å²) in [5.41, 5.74) is 8.21. The molecule has 0 saturated carbocycles. The van der Waals surface area contributed by atoms with Crippen molar-refractivity contribution in [2.45, 2.75) is 64.3 Å². The van der Waals surface area contributed by atoms with Crippen molar-refractivity contribution in [1.29, 1.82) is 0 Å². The van der Waals surface area contributed by atoms with E-state index in [4.69, 9.17) is 28.2 Å². The Morgan fingerprint density at radius 3 is 2.29 bits per heavy atom. The standard InChI is InChI=1S/C49H52Cl2F3N7O2/c1-34-6-2-7-37(28-34)46-38(8-4-19-56-46)30-58-48(17-21-55-22-18-48)47(62)57-20-5-23-61-33-41(36-12-14-39(15-13-36)63-49(52,53)54)40-29-35(11-16-45(40)61)31-59-24-26-60(27-25-59)32-42-43(50)9-3-10-44(42)51/h2-4,6-16,19,28-29,33,55,58H,5,17-18,20-27,30-32H2,1H3,(H,57,62). The van der Waals surface area contributed by atoms with Crippen molar-refractivity contribution in [1.82, 2.24) is 35.3 Å². The fourth-order valence-electron chi connectivity index (χ4n) is 8.82. The molecular weight excluding hydrogens is 846 g/mol. The molecule has 0 atom stereocenters. The van der Waals surface area contributed by atoms with E-state index in [0.717, 1.165) is 101 Å². The Labute approximate surface area is 376 Å². The van der Waals surface area contributed by atoms with Crippen LogP contribution in [-0.2, 0) is 31.0 Å². The van der Waals surface area contributed by atoms with Crippen LogP contribution < -0.4 is 20.7 Å². The molecule has 3 N–H and O–H groups in total. The number of hydrogen-bond acceptors (Lipinski definition) is 7. The molecule has 2 fully saturated rings. The number of aryl methyl sites for hydroxylation is 2. The van der Waals surface area contributed by atoms with Crippen molar-refractivity contribution in [3.05, 3.63) is 142 Å². The number of hydrogen-bond donors (Lipinski definition) is 3. The summed E-state index contributed by atoms with van der Waals surface area (Å²) < 4.78 is 45.4. The van der Waals surface area contributed by atoms with Crippen molar-refractivity contribution >= 4 is 40.0 Å². The lowest BCUT2D eigenvalue weighted by Crippen LogP contribution is -2.61. The van der Waals surface area contributed by atoms with Gasteiger partial charge in [0.05, 0.1) is 5.69 Å². The van der Waals surface area contributed by atoms with Crippen LogP contribution in [0.3, 0.4) is 0 Å². The highest BCUT2D eigenvalue weighted by Gasteiger charge is 2.39. The van der Waals surface area contributed by atoms with Crippen molar-refractivity contribution in [2.24, 2.45) is 0 Å². The molecule has 2 aliphatic heterocycles. The molecule has 6 aromatic rings. The second-order valence-electron chi connectivity index (χ2n) is 16.6. The molecule has 63 heavy (non-hydrogen) atoms. The maximum atomic E-state index is 14.1. The molecule has 1 amide bonds. The lowest BCUT2D eigenvalue weighted by molar-refractivity contribution is -0.274. The molecule has 2 aliphatic rings. The number of carbonyl (C=O) groups is 1. The van der Waals surface area contributed by atoms with Gasteiger partial charge in [0.15, 0.2) is 0 Å². The number of benzene rings is 4. The molecule has 0 spiro atoms. The number of piperazine rings is 1. The summed E-state index contributed by atoms with van der Waals surface area (Å²) in [6.45, 7) is 10.1. The number of fused-ring (bicyclic) bond motifs is 1. The summed E-state index contributed by atoms with van der Waals surface area (Å²) in [5, 5.41) is 12.7. The lowest BCUT2D eigenvalue weighted by atomic mass is 9.86. The number of amides is 1. The van der Waals surface area contributed by atoms with Crippen LogP contribution in [0.5, 0.6) is 5.75 Å². The number of carbonyl (C=O) groups excluding carboxylic acids is 1. The SMILES string of the molecule is Cc1cccc(-c2ncccc2CNC2(C(=O)NCCCn3cc(-c4ccc(OC(F)(F)F)cc4)c4cc(CN5CCN(Cc6c(Cl)cccc6Cl)CC5)ccc43)CCNCC2)c1. The second kappa shape index (κ2) is 19.8. The topological polar surface area (TPSA) is 86.7 Å². The minimum atomic E-state index is -4.77.